The van der Waals surface area contributed by atoms with Crippen LogP contribution in [0.4, 0.5) is 0 Å². The molecule has 1 saturated carbocycles. The van der Waals surface area contributed by atoms with Crippen molar-refractivity contribution in [3.8, 4) is 0 Å². The molecule has 0 heterocycles. The van der Waals surface area contributed by atoms with Gasteiger partial charge in [-0.25, -0.2) is 0 Å². The molecule has 0 radical (unpaired) electrons. The van der Waals surface area contributed by atoms with E-state index < -0.39 is 0 Å². The molecule has 0 atom stereocenters. The molecule has 1 nitrogen and oxygen atoms in total. The first-order valence-electron chi connectivity index (χ1n) is 7.63. The standard InChI is InChI=1S/C18H26O/c1-14(2)16-9-7-15(8-10-16)13-17(19)18(3)11-5-4-6-12-18/h7-10,14H,4-6,11-13H2,1-3H3. The van der Waals surface area contributed by atoms with E-state index in [1.54, 1.807) is 0 Å². The highest BCUT2D eigenvalue weighted by Gasteiger charge is 2.33. The molecular formula is C18H26O. The number of Topliss-reactive ketones (excluding diaryl/α,β-unsaturated/α-hetero) is 1. The number of carbonyl (C=O) groups excluding carboxylic acids is 1. The zero-order valence-electron chi connectivity index (χ0n) is 12.5. The Balaban J connectivity index is 2.02. The summed E-state index contributed by atoms with van der Waals surface area (Å²) in [5.74, 6) is 0.991. The lowest BCUT2D eigenvalue weighted by Gasteiger charge is -2.32. The van der Waals surface area contributed by atoms with Gasteiger partial charge in [0.25, 0.3) is 0 Å². The van der Waals surface area contributed by atoms with Crippen LogP contribution < -0.4 is 0 Å². The molecule has 1 aliphatic rings. The lowest BCUT2D eigenvalue weighted by Crippen LogP contribution is -2.31. The van der Waals surface area contributed by atoms with E-state index in [0.717, 1.165) is 12.8 Å². The molecule has 0 saturated heterocycles. The first kappa shape index (κ1) is 14.3. The molecule has 19 heavy (non-hydrogen) atoms. The van der Waals surface area contributed by atoms with Crippen molar-refractivity contribution in [3.05, 3.63) is 35.4 Å². The molecule has 0 spiro atoms. The van der Waals surface area contributed by atoms with Gasteiger partial charge >= 0.3 is 0 Å². The third kappa shape index (κ3) is 3.46. The molecule has 104 valence electrons. The summed E-state index contributed by atoms with van der Waals surface area (Å²) >= 11 is 0. The third-order valence-electron chi connectivity index (χ3n) is 4.64. The van der Waals surface area contributed by atoms with E-state index in [1.807, 2.05) is 0 Å². The predicted octanol–water partition coefficient (Wildman–Crippen LogP) is 4.89. The molecule has 1 aliphatic carbocycles. The minimum Gasteiger partial charge on any atom is -0.299 e. The summed E-state index contributed by atoms with van der Waals surface area (Å²) < 4.78 is 0. The Labute approximate surface area is 117 Å². The van der Waals surface area contributed by atoms with Gasteiger partial charge in [-0.15, -0.1) is 0 Å². The molecule has 0 N–H and O–H groups in total. The first-order chi connectivity index (χ1) is 9.01. The highest BCUT2D eigenvalue weighted by molar-refractivity contribution is 5.86. The normalized spacial score (nSPS) is 18.5. The quantitative estimate of drug-likeness (QED) is 0.751. The number of rotatable bonds is 4. The van der Waals surface area contributed by atoms with Gasteiger partial charge in [0.2, 0.25) is 0 Å². The third-order valence-corrected chi connectivity index (χ3v) is 4.64. The molecule has 0 unspecified atom stereocenters. The van der Waals surface area contributed by atoms with Gasteiger partial charge in [0.15, 0.2) is 0 Å². The summed E-state index contributed by atoms with van der Waals surface area (Å²) in [5.41, 5.74) is 2.45. The van der Waals surface area contributed by atoms with Gasteiger partial charge in [0, 0.05) is 11.8 Å². The van der Waals surface area contributed by atoms with Crippen LogP contribution in [0.5, 0.6) is 0 Å². The summed E-state index contributed by atoms with van der Waals surface area (Å²) in [6.45, 7) is 6.56. The average Bonchev–Trinajstić information content (AvgIpc) is 2.40. The van der Waals surface area contributed by atoms with E-state index in [9.17, 15) is 4.79 Å². The van der Waals surface area contributed by atoms with Gasteiger partial charge < -0.3 is 0 Å². The fraction of sp³-hybridized carbons (Fsp3) is 0.611. The van der Waals surface area contributed by atoms with E-state index >= 15 is 0 Å². The highest BCUT2D eigenvalue weighted by atomic mass is 16.1. The Hall–Kier alpha value is -1.11. The Morgan fingerprint density at radius 2 is 1.68 bits per heavy atom. The van der Waals surface area contributed by atoms with E-state index in [0.29, 0.717) is 18.1 Å². The molecular weight excluding hydrogens is 232 g/mol. The SMILES string of the molecule is CC(C)c1ccc(CC(=O)C2(C)CCCCC2)cc1. The summed E-state index contributed by atoms with van der Waals surface area (Å²) in [5, 5.41) is 0. The van der Waals surface area contributed by atoms with Crippen molar-refractivity contribution < 1.29 is 4.79 Å². The van der Waals surface area contributed by atoms with E-state index in [4.69, 9.17) is 0 Å². The van der Waals surface area contributed by atoms with Crippen molar-refractivity contribution in [2.75, 3.05) is 0 Å². The molecule has 0 bridgehead atoms. The molecule has 0 aromatic heterocycles. The summed E-state index contributed by atoms with van der Waals surface area (Å²) in [7, 11) is 0. The fourth-order valence-corrected chi connectivity index (χ4v) is 3.03. The minimum atomic E-state index is -0.0605. The second kappa shape index (κ2) is 5.90. The van der Waals surface area contributed by atoms with Crippen LogP contribution in [0.2, 0.25) is 0 Å². The molecule has 1 heteroatoms. The number of ketones is 1. The van der Waals surface area contributed by atoms with E-state index in [-0.39, 0.29) is 5.41 Å². The Morgan fingerprint density at radius 1 is 1.11 bits per heavy atom. The molecule has 1 aromatic rings. The van der Waals surface area contributed by atoms with E-state index in [1.165, 1.54) is 30.4 Å². The van der Waals surface area contributed by atoms with Gasteiger partial charge in [-0.3, -0.25) is 4.79 Å². The molecule has 0 amide bonds. The number of benzene rings is 1. The lowest BCUT2D eigenvalue weighted by molar-refractivity contribution is -0.128. The van der Waals surface area contributed by atoms with Crippen molar-refractivity contribution in [2.24, 2.45) is 5.41 Å². The van der Waals surface area contributed by atoms with Gasteiger partial charge in [0.05, 0.1) is 0 Å². The highest BCUT2D eigenvalue weighted by Crippen LogP contribution is 2.37. The average molecular weight is 258 g/mol. The van der Waals surface area contributed by atoms with E-state index in [2.05, 4.69) is 45.0 Å². The maximum absolute atomic E-state index is 12.5. The predicted molar refractivity (Wildman–Crippen MR) is 80.4 cm³/mol. The summed E-state index contributed by atoms with van der Waals surface area (Å²) in [6, 6.07) is 8.58. The van der Waals surface area contributed by atoms with Crippen LogP contribution in [0.15, 0.2) is 24.3 Å². The van der Waals surface area contributed by atoms with Crippen LogP contribution >= 0.6 is 0 Å². The Morgan fingerprint density at radius 3 is 2.21 bits per heavy atom. The zero-order chi connectivity index (χ0) is 13.9. The van der Waals surface area contributed by atoms with Crippen molar-refractivity contribution in [1.82, 2.24) is 0 Å². The Kier molecular flexibility index (Phi) is 4.44. The number of hydrogen-bond acceptors (Lipinski definition) is 1. The topological polar surface area (TPSA) is 17.1 Å². The monoisotopic (exact) mass is 258 g/mol. The van der Waals surface area contributed by atoms with Crippen LogP contribution in [0.25, 0.3) is 0 Å². The van der Waals surface area contributed by atoms with Crippen LogP contribution in [0.1, 0.15) is 69.9 Å². The zero-order valence-corrected chi connectivity index (χ0v) is 12.5. The summed E-state index contributed by atoms with van der Waals surface area (Å²) in [6.07, 6.45) is 6.50. The number of carbonyl (C=O) groups is 1. The number of hydrogen-bond donors (Lipinski definition) is 0. The minimum absolute atomic E-state index is 0.0605. The molecule has 1 fully saturated rings. The first-order valence-corrected chi connectivity index (χ1v) is 7.63. The maximum atomic E-state index is 12.5. The maximum Gasteiger partial charge on any atom is 0.143 e. The molecule has 2 rings (SSSR count). The van der Waals surface area contributed by atoms with Gasteiger partial charge in [-0.1, -0.05) is 64.3 Å². The molecule has 1 aromatic carbocycles. The van der Waals surface area contributed by atoms with Crippen molar-refractivity contribution in [1.29, 1.82) is 0 Å². The van der Waals surface area contributed by atoms with Crippen molar-refractivity contribution >= 4 is 5.78 Å². The second-order valence-corrected chi connectivity index (χ2v) is 6.62. The van der Waals surface area contributed by atoms with Crippen molar-refractivity contribution in [3.63, 3.8) is 0 Å². The second-order valence-electron chi connectivity index (χ2n) is 6.62. The van der Waals surface area contributed by atoms with Gasteiger partial charge in [-0.05, 0) is 29.9 Å². The van der Waals surface area contributed by atoms with Crippen LogP contribution in [0.3, 0.4) is 0 Å². The molecule has 0 aliphatic heterocycles. The van der Waals surface area contributed by atoms with Crippen LogP contribution in [-0.4, -0.2) is 5.78 Å². The summed E-state index contributed by atoms with van der Waals surface area (Å²) in [4.78, 5) is 12.5. The van der Waals surface area contributed by atoms with Crippen LogP contribution in [-0.2, 0) is 11.2 Å². The van der Waals surface area contributed by atoms with Crippen molar-refractivity contribution in [2.45, 2.75) is 65.2 Å². The van der Waals surface area contributed by atoms with Gasteiger partial charge in [0.1, 0.15) is 5.78 Å². The lowest BCUT2D eigenvalue weighted by atomic mass is 9.71. The Bertz CT molecular complexity index is 422. The van der Waals surface area contributed by atoms with Crippen LogP contribution in [0, 0.1) is 5.41 Å². The van der Waals surface area contributed by atoms with Gasteiger partial charge in [-0.2, -0.15) is 0 Å². The largest absolute Gasteiger partial charge is 0.299 e. The smallest absolute Gasteiger partial charge is 0.143 e. The fourth-order valence-electron chi connectivity index (χ4n) is 3.03.